The number of benzene rings is 2. The number of amides is 1. The number of carbonyl (C=O) groups excluding carboxylic acids is 1. The molecule has 0 bridgehead atoms. The Bertz CT molecular complexity index is 1010. The predicted molar refractivity (Wildman–Crippen MR) is 126 cm³/mol. The van der Waals surface area contributed by atoms with E-state index in [4.69, 9.17) is 8.85 Å². The van der Waals surface area contributed by atoms with Gasteiger partial charge in [0.15, 0.2) is 8.32 Å². The number of hydrogen-bond donors (Lipinski definition) is 1. The van der Waals surface area contributed by atoms with E-state index < -0.39 is 57.7 Å². The molecule has 12 heteroatoms. The van der Waals surface area contributed by atoms with Crippen molar-refractivity contribution >= 4 is 22.5 Å². The van der Waals surface area contributed by atoms with Crippen LogP contribution in [0.3, 0.4) is 0 Å². The molecule has 1 unspecified atom stereocenters. The average molecular weight is 538 g/mol. The standard InChI is InChI=1S/C23H29F6NO3Si2/c1-34(2,3)32-19-9-7-8-15(12-19)20(33-35(4,5)6)14-30-21(31)16-10-17(22(24,25)26)13-18(11-16)23(27,28)29/h7-13,20H,14H2,1-6H3,(H,30,31). The van der Waals surface area contributed by atoms with Crippen LogP contribution in [-0.4, -0.2) is 29.1 Å². The largest absolute Gasteiger partial charge is 0.544 e. The highest BCUT2D eigenvalue weighted by atomic mass is 28.4. The van der Waals surface area contributed by atoms with Crippen LogP contribution in [0, 0.1) is 0 Å². The Morgan fingerprint density at radius 1 is 0.857 bits per heavy atom. The van der Waals surface area contributed by atoms with E-state index in [1.165, 1.54) is 0 Å². The molecule has 0 radical (unpaired) electrons. The van der Waals surface area contributed by atoms with Gasteiger partial charge < -0.3 is 14.2 Å². The smallest absolute Gasteiger partial charge is 0.416 e. The maximum Gasteiger partial charge on any atom is 0.416 e. The monoisotopic (exact) mass is 537 g/mol. The molecule has 0 saturated carbocycles. The summed E-state index contributed by atoms with van der Waals surface area (Å²) in [7, 11) is -4.08. The summed E-state index contributed by atoms with van der Waals surface area (Å²) in [5, 5.41) is 2.44. The molecule has 0 spiro atoms. The molecule has 194 valence electrons. The zero-order valence-electron chi connectivity index (χ0n) is 20.3. The second kappa shape index (κ2) is 10.4. The second-order valence-corrected chi connectivity index (χ2v) is 18.9. The Kier molecular flexibility index (Phi) is 8.55. The van der Waals surface area contributed by atoms with Crippen LogP contribution in [0.4, 0.5) is 26.3 Å². The lowest BCUT2D eigenvalue weighted by molar-refractivity contribution is -0.143. The third-order valence-corrected chi connectivity index (χ3v) is 6.29. The van der Waals surface area contributed by atoms with E-state index in [9.17, 15) is 31.1 Å². The van der Waals surface area contributed by atoms with Gasteiger partial charge in [-0.05, 0) is 75.2 Å². The lowest BCUT2D eigenvalue weighted by Gasteiger charge is -2.28. The summed E-state index contributed by atoms with van der Waals surface area (Å²) in [6.07, 6.45) is -10.8. The first-order chi connectivity index (χ1) is 15.7. The van der Waals surface area contributed by atoms with E-state index in [2.05, 4.69) is 5.32 Å². The van der Waals surface area contributed by atoms with Crippen LogP contribution in [0.15, 0.2) is 42.5 Å². The van der Waals surface area contributed by atoms with Gasteiger partial charge in [0.2, 0.25) is 8.32 Å². The molecule has 2 aromatic rings. The molecule has 1 atom stereocenters. The van der Waals surface area contributed by atoms with Crippen molar-refractivity contribution in [1.82, 2.24) is 5.32 Å². The van der Waals surface area contributed by atoms with Gasteiger partial charge in [-0.2, -0.15) is 26.3 Å². The summed E-state index contributed by atoms with van der Waals surface area (Å²) >= 11 is 0. The summed E-state index contributed by atoms with van der Waals surface area (Å²) in [5.74, 6) is -0.454. The zero-order chi connectivity index (χ0) is 26.8. The molecule has 0 saturated heterocycles. The zero-order valence-corrected chi connectivity index (χ0v) is 22.3. The molecule has 4 nitrogen and oxygen atoms in total. The summed E-state index contributed by atoms with van der Waals surface area (Å²) < 4.78 is 91.1. The minimum Gasteiger partial charge on any atom is -0.544 e. The molecule has 2 aromatic carbocycles. The summed E-state index contributed by atoms with van der Waals surface area (Å²) in [4.78, 5) is 12.6. The van der Waals surface area contributed by atoms with Gasteiger partial charge in [0.25, 0.3) is 5.91 Å². The van der Waals surface area contributed by atoms with Crippen LogP contribution in [0.25, 0.3) is 0 Å². The van der Waals surface area contributed by atoms with Crippen LogP contribution in [-0.2, 0) is 16.8 Å². The molecular formula is C23H29F6NO3Si2. The Morgan fingerprint density at radius 2 is 1.40 bits per heavy atom. The Labute approximate surface area is 202 Å². The van der Waals surface area contributed by atoms with Crippen molar-refractivity contribution in [3.05, 3.63) is 64.7 Å². The summed E-state index contributed by atoms with van der Waals surface area (Å²) in [6, 6.07) is 7.87. The van der Waals surface area contributed by atoms with Crippen LogP contribution in [0.5, 0.6) is 5.75 Å². The maximum atomic E-state index is 13.2. The molecule has 0 aliphatic rings. The van der Waals surface area contributed by atoms with Crippen molar-refractivity contribution in [2.75, 3.05) is 6.54 Å². The topological polar surface area (TPSA) is 47.6 Å². The number of hydrogen-bond acceptors (Lipinski definition) is 3. The third kappa shape index (κ3) is 9.34. The van der Waals surface area contributed by atoms with Crippen molar-refractivity contribution < 1.29 is 40.0 Å². The van der Waals surface area contributed by atoms with Crippen LogP contribution in [0.1, 0.15) is 33.2 Å². The van der Waals surface area contributed by atoms with Crippen molar-refractivity contribution in [2.24, 2.45) is 0 Å². The molecule has 35 heavy (non-hydrogen) atoms. The van der Waals surface area contributed by atoms with Crippen molar-refractivity contribution in [3.63, 3.8) is 0 Å². The lowest BCUT2D eigenvalue weighted by Crippen LogP contribution is -2.35. The van der Waals surface area contributed by atoms with E-state index >= 15 is 0 Å². The van der Waals surface area contributed by atoms with Crippen LogP contribution in [0.2, 0.25) is 39.3 Å². The van der Waals surface area contributed by atoms with E-state index in [1.54, 1.807) is 24.3 Å². The maximum absolute atomic E-state index is 13.2. The van der Waals surface area contributed by atoms with Crippen LogP contribution >= 0.6 is 0 Å². The molecule has 0 aliphatic heterocycles. The van der Waals surface area contributed by atoms with E-state index in [0.29, 0.717) is 23.4 Å². The van der Waals surface area contributed by atoms with Crippen molar-refractivity contribution in [3.8, 4) is 5.75 Å². The molecule has 0 aliphatic carbocycles. The molecule has 0 fully saturated rings. The summed E-state index contributed by atoms with van der Waals surface area (Å²) in [5.41, 5.74) is -3.18. The SMILES string of the molecule is C[Si](C)(C)Oc1cccc(C(CNC(=O)c2cc(C(F)(F)F)cc(C(F)(F)F)c2)O[Si](C)(C)C)c1. The van der Waals surface area contributed by atoms with Crippen molar-refractivity contribution in [2.45, 2.75) is 57.7 Å². The molecule has 2 rings (SSSR count). The first-order valence-corrected chi connectivity index (χ1v) is 17.6. The predicted octanol–water partition coefficient (Wildman–Crippen LogP) is 7.26. The number of halogens is 6. The first kappa shape index (κ1) is 28.9. The first-order valence-electron chi connectivity index (χ1n) is 10.8. The summed E-state index contributed by atoms with van der Waals surface area (Å²) in [6.45, 7) is 11.7. The number of rotatable bonds is 8. The fourth-order valence-corrected chi connectivity index (χ4v) is 5.07. The lowest BCUT2D eigenvalue weighted by atomic mass is 10.0. The fraction of sp³-hybridized carbons (Fsp3) is 0.435. The molecule has 0 aromatic heterocycles. The quantitative estimate of drug-likeness (QED) is 0.285. The number of nitrogens with one attached hydrogen (secondary N) is 1. The van der Waals surface area contributed by atoms with Gasteiger partial charge >= 0.3 is 12.4 Å². The van der Waals surface area contributed by atoms with Gasteiger partial charge in [0, 0.05) is 12.1 Å². The van der Waals surface area contributed by atoms with Gasteiger partial charge in [-0.3, -0.25) is 4.79 Å². The van der Waals surface area contributed by atoms with Gasteiger partial charge in [-0.1, -0.05) is 12.1 Å². The Hall–Kier alpha value is -2.32. The van der Waals surface area contributed by atoms with E-state index in [-0.39, 0.29) is 12.6 Å². The van der Waals surface area contributed by atoms with Gasteiger partial charge in [0.05, 0.1) is 17.2 Å². The number of carbonyl (C=O) groups is 1. The fourth-order valence-electron chi connectivity index (χ4n) is 3.16. The molecule has 1 amide bonds. The minimum atomic E-state index is -5.05. The van der Waals surface area contributed by atoms with E-state index in [1.807, 2.05) is 39.3 Å². The van der Waals surface area contributed by atoms with E-state index in [0.717, 1.165) is 0 Å². The number of alkyl halides is 6. The third-order valence-electron chi connectivity index (χ3n) is 4.45. The highest BCUT2D eigenvalue weighted by molar-refractivity contribution is 6.70. The normalized spacial score (nSPS) is 13.9. The van der Waals surface area contributed by atoms with Crippen molar-refractivity contribution in [1.29, 1.82) is 0 Å². The van der Waals surface area contributed by atoms with Gasteiger partial charge in [-0.25, -0.2) is 0 Å². The highest BCUT2D eigenvalue weighted by Crippen LogP contribution is 2.36. The Balaban J connectivity index is 2.34. The average Bonchev–Trinajstić information content (AvgIpc) is 2.67. The molecule has 0 heterocycles. The molecular weight excluding hydrogens is 508 g/mol. The van der Waals surface area contributed by atoms with Gasteiger partial charge in [-0.15, -0.1) is 0 Å². The van der Waals surface area contributed by atoms with Gasteiger partial charge in [0.1, 0.15) is 5.75 Å². The highest BCUT2D eigenvalue weighted by Gasteiger charge is 2.37. The molecule has 1 N–H and O–H groups in total. The minimum absolute atomic E-state index is 0.0159. The second-order valence-electron chi connectivity index (χ2n) is 10.0. The Morgan fingerprint density at radius 3 is 1.86 bits per heavy atom. The van der Waals surface area contributed by atoms with Crippen LogP contribution < -0.4 is 9.74 Å².